The zero-order valence-electron chi connectivity index (χ0n) is 17.3. The fraction of sp³-hybridized carbons (Fsp3) is 0.391. The number of carboxylic acids is 1. The van der Waals surface area contributed by atoms with E-state index in [9.17, 15) is 4.79 Å². The van der Waals surface area contributed by atoms with E-state index in [0.29, 0.717) is 17.3 Å². The summed E-state index contributed by atoms with van der Waals surface area (Å²) in [7, 11) is 0. The number of anilines is 1. The molecular formula is C23H25N5O3. The van der Waals surface area contributed by atoms with Gasteiger partial charge in [-0.2, -0.15) is 4.98 Å². The number of benzene rings is 1. The molecule has 2 saturated heterocycles. The van der Waals surface area contributed by atoms with Gasteiger partial charge < -0.3 is 14.5 Å². The van der Waals surface area contributed by atoms with Crippen LogP contribution in [0.5, 0.6) is 0 Å². The quantitative estimate of drug-likeness (QED) is 0.645. The Morgan fingerprint density at radius 3 is 2.68 bits per heavy atom. The first-order valence-electron chi connectivity index (χ1n) is 10.8. The van der Waals surface area contributed by atoms with Crippen molar-refractivity contribution in [2.24, 2.45) is 0 Å². The van der Waals surface area contributed by atoms with Crippen LogP contribution in [-0.2, 0) is 6.54 Å². The first-order valence-corrected chi connectivity index (χ1v) is 10.8. The van der Waals surface area contributed by atoms with Crippen molar-refractivity contribution < 1.29 is 14.4 Å². The molecule has 8 nitrogen and oxygen atoms in total. The zero-order chi connectivity index (χ0) is 21.2. The van der Waals surface area contributed by atoms with E-state index in [2.05, 4.69) is 19.9 Å². The Balaban J connectivity index is 1.31. The summed E-state index contributed by atoms with van der Waals surface area (Å²) >= 11 is 0. The van der Waals surface area contributed by atoms with Crippen molar-refractivity contribution in [2.45, 2.75) is 38.3 Å². The van der Waals surface area contributed by atoms with Crippen LogP contribution in [0.2, 0.25) is 0 Å². The van der Waals surface area contributed by atoms with Crippen LogP contribution in [0.4, 0.5) is 5.82 Å². The summed E-state index contributed by atoms with van der Waals surface area (Å²) in [6.07, 6.45) is 6.24. The lowest BCUT2D eigenvalue weighted by Gasteiger charge is -2.21. The van der Waals surface area contributed by atoms with Gasteiger partial charge in [0.2, 0.25) is 11.7 Å². The van der Waals surface area contributed by atoms with Gasteiger partial charge in [-0.3, -0.25) is 4.90 Å². The third-order valence-electron chi connectivity index (χ3n) is 6.11. The second kappa shape index (κ2) is 8.47. The lowest BCUT2D eigenvalue weighted by molar-refractivity contribution is 0.0697. The monoisotopic (exact) mass is 419 g/mol. The van der Waals surface area contributed by atoms with Gasteiger partial charge >= 0.3 is 5.97 Å². The Labute approximate surface area is 180 Å². The van der Waals surface area contributed by atoms with Crippen LogP contribution in [0.3, 0.4) is 0 Å². The van der Waals surface area contributed by atoms with E-state index in [-0.39, 0.29) is 6.04 Å². The van der Waals surface area contributed by atoms with Crippen LogP contribution in [0, 0.1) is 0 Å². The predicted molar refractivity (Wildman–Crippen MR) is 115 cm³/mol. The smallest absolute Gasteiger partial charge is 0.335 e. The Bertz CT molecular complexity index is 1060. The molecular weight excluding hydrogens is 394 g/mol. The number of pyridine rings is 1. The Kier molecular flexibility index (Phi) is 5.38. The first kappa shape index (κ1) is 19.7. The van der Waals surface area contributed by atoms with E-state index in [0.717, 1.165) is 56.0 Å². The van der Waals surface area contributed by atoms with Crippen molar-refractivity contribution in [3.8, 4) is 11.4 Å². The molecule has 31 heavy (non-hydrogen) atoms. The zero-order valence-corrected chi connectivity index (χ0v) is 17.3. The molecule has 0 spiro atoms. The van der Waals surface area contributed by atoms with Gasteiger partial charge in [0.25, 0.3) is 0 Å². The van der Waals surface area contributed by atoms with E-state index in [1.165, 1.54) is 12.8 Å². The van der Waals surface area contributed by atoms with E-state index in [1.54, 1.807) is 12.1 Å². The number of aromatic nitrogens is 3. The van der Waals surface area contributed by atoms with Crippen LogP contribution in [0.15, 0.2) is 47.1 Å². The molecule has 0 amide bonds. The fourth-order valence-electron chi connectivity index (χ4n) is 4.45. The van der Waals surface area contributed by atoms with Crippen LogP contribution < -0.4 is 4.90 Å². The van der Waals surface area contributed by atoms with Gasteiger partial charge in [-0.15, -0.1) is 0 Å². The second-order valence-electron chi connectivity index (χ2n) is 8.18. The molecule has 1 aromatic carbocycles. The largest absolute Gasteiger partial charge is 0.478 e. The highest BCUT2D eigenvalue weighted by atomic mass is 16.5. The van der Waals surface area contributed by atoms with Gasteiger partial charge in [-0.05, 0) is 62.1 Å². The summed E-state index contributed by atoms with van der Waals surface area (Å²) < 4.78 is 5.67. The summed E-state index contributed by atoms with van der Waals surface area (Å²) in [5.41, 5.74) is 2.29. The summed E-state index contributed by atoms with van der Waals surface area (Å²) in [5.74, 6) is 1.28. The lowest BCUT2D eigenvalue weighted by Crippen LogP contribution is -2.23. The molecule has 1 N–H and O–H groups in total. The molecule has 2 fully saturated rings. The molecule has 1 atom stereocenters. The maximum atomic E-state index is 11.1. The summed E-state index contributed by atoms with van der Waals surface area (Å²) in [6, 6.07) is 11.1. The van der Waals surface area contributed by atoms with Crippen molar-refractivity contribution in [1.82, 2.24) is 20.0 Å². The van der Waals surface area contributed by atoms with Crippen LogP contribution in [0.1, 0.15) is 53.5 Å². The van der Waals surface area contributed by atoms with E-state index >= 15 is 0 Å². The maximum Gasteiger partial charge on any atom is 0.335 e. The van der Waals surface area contributed by atoms with Gasteiger partial charge in [0.15, 0.2) is 0 Å². The molecule has 2 aromatic heterocycles. The summed E-state index contributed by atoms with van der Waals surface area (Å²) in [6.45, 7) is 3.74. The Morgan fingerprint density at radius 1 is 1.10 bits per heavy atom. The molecule has 2 aliphatic rings. The number of carbonyl (C=O) groups is 1. The molecule has 0 unspecified atom stereocenters. The molecule has 8 heteroatoms. The molecule has 0 aliphatic carbocycles. The van der Waals surface area contributed by atoms with Gasteiger partial charge in [-0.1, -0.05) is 17.3 Å². The van der Waals surface area contributed by atoms with Crippen molar-refractivity contribution in [1.29, 1.82) is 0 Å². The second-order valence-corrected chi connectivity index (χ2v) is 8.18. The molecule has 5 rings (SSSR count). The van der Waals surface area contributed by atoms with E-state index in [4.69, 9.17) is 14.6 Å². The van der Waals surface area contributed by atoms with Crippen molar-refractivity contribution in [2.75, 3.05) is 24.5 Å². The summed E-state index contributed by atoms with van der Waals surface area (Å²) in [5, 5.41) is 13.3. The number of carboxylic acid groups (broad SMARTS) is 1. The van der Waals surface area contributed by atoms with Crippen LogP contribution >= 0.6 is 0 Å². The van der Waals surface area contributed by atoms with E-state index < -0.39 is 5.97 Å². The maximum absolute atomic E-state index is 11.1. The van der Waals surface area contributed by atoms with E-state index in [1.807, 2.05) is 30.5 Å². The normalized spacial score (nSPS) is 19.2. The topological polar surface area (TPSA) is 95.6 Å². The highest BCUT2D eigenvalue weighted by Gasteiger charge is 2.31. The highest BCUT2D eigenvalue weighted by molar-refractivity contribution is 5.87. The Hall–Kier alpha value is -3.26. The van der Waals surface area contributed by atoms with Gasteiger partial charge in [-0.25, -0.2) is 9.78 Å². The third kappa shape index (κ3) is 4.16. The standard InChI is InChI=1S/C23H25N5O3/c29-23(30)17-7-5-16(6-8-17)15-28-13-3-4-19(28)22-25-21(26-31-22)18-9-10-24-20(14-18)27-11-1-2-12-27/h5-10,14,19H,1-4,11-13,15H2,(H,29,30)/t19-/m0/s1. The lowest BCUT2D eigenvalue weighted by atomic mass is 10.1. The number of rotatable bonds is 6. The molecule has 2 aliphatic heterocycles. The van der Waals surface area contributed by atoms with Crippen molar-refractivity contribution in [3.63, 3.8) is 0 Å². The minimum Gasteiger partial charge on any atom is -0.478 e. The van der Waals surface area contributed by atoms with Gasteiger partial charge in [0.05, 0.1) is 11.6 Å². The average Bonchev–Trinajstić information content (AvgIpc) is 3.55. The minimum atomic E-state index is -0.909. The summed E-state index contributed by atoms with van der Waals surface area (Å²) in [4.78, 5) is 24.9. The molecule has 0 saturated carbocycles. The van der Waals surface area contributed by atoms with Crippen LogP contribution in [-0.4, -0.2) is 50.7 Å². The van der Waals surface area contributed by atoms with Crippen molar-refractivity contribution >= 4 is 11.8 Å². The number of nitrogens with zero attached hydrogens (tertiary/aromatic N) is 5. The number of hydrogen-bond acceptors (Lipinski definition) is 7. The Morgan fingerprint density at radius 2 is 1.90 bits per heavy atom. The fourth-order valence-corrected chi connectivity index (χ4v) is 4.45. The predicted octanol–water partition coefficient (Wildman–Crippen LogP) is 3.77. The minimum absolute atomic E-state index is 0.0697. The number of likely N-dealkylation sites (tertiary alicyclic amines) is 1. The number of aromatic carboxylic acids is 1. The van der Waals surface area contributed by atoms with Crippen molar-refractivity contribution in [3.05, 3.63) is 59.6 Å². The first-order chi connectivity index (χ1) is 15.2. The molecule has 160 valence electrons. The SMILES string of the molecule is O=C(O)c1ccc(CN2CCC[C@H]2c2nc(-c3ccnc(N4CCCC4)c3)no2)cc1. The number of hydrogen-bond donors (Lipinski definition) is 1. The van der Waals surface area contributed by atoms with Crippen LogP contribution in [0.25, 0.3) is 11.4 Å². The highest BCUT2D eigenvalue weighted by Crippen LogP contribution is 2.33. The molecule has 0 radical (unpaired) electrons. The van der Waals surface area contributed by atoms with Gasteiger partial charge in [0.1, 0.15) is 5.82 Å². The third-order valence-corrected chi connectivity index (χ3v) is 6.11. The molecule has 4 heterocycles. The molecule has 3 aromatic rings. The van der Waals surface area contributed by atoms with Gasteiger partial charge in [0, 0.05) is 31.4 Å². The average molecular weight is 419 g/mol. The molecule has 0 bridgehead atoms.